The monoisotopic (exact) mass is 284 g/mol. The summed E-state index contributed by atoms with van der Waals surface area (Å²) < 4.78 is 4.50. The highest BCUT2D eigenvalue weighted by Crippen LogP contribution is 2.29. The molecule has 0 aliphatic heterocycles. The molecule has 0 saturated carbocycles. The Hall–Kier alpha value is -0.550. The van der Waals surface area contributed by atoms with Gasteiger partial charge in [0.05, 0.1) is 23.6 Å². The number of hydrogen-bond acceptors (Lipinski definition) is 4. The van der Waals surface area contributed by atoms with E-state index in [4.69, 9.17) is 28.9 Å². The second-order valence-corrected chi connectivity index (χ2v) is 3.72. The van der Waals surface area contributed by atoms with Crippen molar-refractivity contribution in [3.05, 3.63) is 28.0 Å². The molecule has 2 N–H and O–H groups in total. The maximum atomic E-state index is 11.0. The largest absolute Gasteiger partial charge is 0.469 e. The molecule has 1 aromatic rings. The molecule has 4 nitrogen and oxygen atoms in total. The van der Waals surface area contributed by atoms with Crippen molar-refractivity contribution in [1.29, 1.82) is 0 Å². The van der Waals surface area contributed by atoms with E-state index in [0.29, 0.717) is 15.6 Å². The maximum absolute atomic E-state index is 11.0. The zero-order chi connectivity index (χ0) is 11.4. The Morgan fingerprint density at radius 3 is 2.44 bits per heavy atom. The summed E-state index contributed by atoms with van der Waals surface area (Å²) in [7, 11) is 1.30. The van der Waals surface area contributed by atoms with Gasteiger partial charge in [0, 0.05) is 24.0 Å². The molecule has 0 unspecified atom stereocenters. The van der Waals surface area contributed by atoms with Crippen molar-refractivity contribution in [2.75, 3.05) is 7.11 Å². The quantitative estimate of drug-likeness (QED) is 0.866. The molecular formula is C9H11Cl3N2O2. The van der Waals surface area contributed by atoms with Crippen molar-refractivity contribution in [3.8, 4) is 0 Å². The first-order valence-electron chi connectivity index (χ1n) is 4.17. The van der Waals surface area contributed by atoms with Gasteiger partial charge in [0.2, 0.25) is 0 Å². The van der Waals surface area contributed by atoms with Crippen molar-refractivity contribution < 1.29 is 9.53 Å². The predicted molar refractivity (Wildman–Crippen MR) is 65.1 cm³/mol. The molecule has 0 fully saturated rings. The third kappa shape index (κ3) is 3.79. The molecule has 0 spiro atoms. The van der Waals surface area contributed by atoms with Gasteiger partial charge < -0.3 is 10.5 Å². The van der Waals surface area contributed by atoms with Crippen molar-refractivity contribution in [2.24, 2.45) is 5.73 Å². The fourth-order valence-electron chi connectivity index (χ4n) is 1.14. The van der Waals surface area contributed by atoms with Crippen LogP contribution in [0, 0.1) is 0 Å². The molecule has 0 aliphatic rings. The van der Waals surface area contributed by atoms with Crippen LogP contribution in [-0.4, -0.2) is 18.1 Å². The van der Waals surface area contributed by atoms with Gasteiger partial charge in [-0.1, -0.05) is 23.2 Å². The minimum Gasteiger partial charge on any atom is -0.469 e. The number of carbonyl (C=O) groups excluding carboxylic acids is 1. The number of halogens is 3. The van der Waals surface area contributed by atoms with Crippen molar-refractivity contribution >= 4 is 41.6 Å². The number of nitrogens with two attached hydrogens (primary N) is 1. The lowest BCUT2D eigenvalue weighted by Gasteiger charge is -2.13. The van der Waals surface area contributed by atoms with Crippen LogP contribution in [0.5, 0.6) is 0 Å². The highest BCUT2D eigenvalue weighted by Gasteiger charge is 2.18. The Morgan fingerprint density at radius 2 is 2.00 bits per heavy atom. The van der Waals surface area contributed by atoms with E-state index in [1.807, 2.05) is 0 Å². The van der Waals surface area contributed by atoms with Crippen LogP contribution < -0.4 is 5.73 Å². The second-order valence-electron chi connectivity index (χ2n) is 2.90. The lowest BCUT2D eigenvalue weighted by Crippen LogP contribution is -2.17. The topological polar surface area (TPSA) is 65.2 Å². The Kier molecular flexibility index (Phi) is 6.67. The lowest BCUT2D eigenvalue weighted by molar-refractivity contribution is -0.141. The van der Waals surface area contributed by atoms with E-state index in [-0.39, 0.29) is 18.8 Å². The van der Waals surface area contributed by atoms with Crippen molar-refractivity contribution in [1.82, 2.24) is 4.98 Å². The van der Waals surface area contributed by atoms with Crippen LogP contribution >= 0.6 is 35.6 Å². The van der Waals surface area contributed by atoms with Crippen molar-refractivity contribution in [3.63, 3.8) is 0 Å². The zero-order valence-corrected chi connectivity index (χ0v) is 10.8. The SMILES string of the molecule is COC(=O)C[C@@H](N)c1c(Cl)cncc1Cl.Cl. The molecule has 0 radical (unpaired) electrons. The smallest absolute Gasteiger partial charge is 0.307 e. The molecule has 0 bridgehead atoms. The Balaban J connectivity index is 0.00000225. The first kappa shape index (κ1) is 15.4. The molecule has 0 aromatic carbocycles. The number of carbonyl (C=O) groups is 1. The van der Waals surface area contributed by atoms with E-state index >= 15 is 0 Å². The molecule has 0 saturated heterocycles. The molecular weight excluding hydrogens is 274 g/mol. The lowest BCUT2D eigenvalue weighted by atomic mass is 10.1. The molecule has 1 heterocycles. The highest BCUT2D eigenvalue weighted by atomic mass is 35.5. The van der Waals surface area contributed by atoms with Gasteiger partial charge in [-0.3, -0.25) is 9.78 Å². The van der Waals surface area contributed by atoms with E-state index < -0.39 is 12.0 Å². The fraction of sp³-hybridized carbons (Fsp3) is 0.333. The third-order valence-electron chi connectivity index (χ3n) is 1.88. The number of aromatic nitrogens is 1. The second kappa shape index (κ2) is 6.91. The van der Waals surface area contributed by atoms with E-state index in [2.05, 4.69) is 9.72 Å². The zero-order valence-electron chi connectivity index (χ0n) is 8.44. The Bertz CT molecular complexity index is 354. The molecule has 1 rings (SSSR count). The van der Waals surface area contributed by atoms with Gasteiger partial charge in [0.25, 0.3) is 0 Å². The van der Waals surface area contributed by atoms with Crippen LogP contribution in [0.15, 0.2) is 12.4 Å². The minimum absolute atomic E-state index is 0. The summed E-state index contributed by atoms with van der Waals surface area (Å²) in [6.07, 6.45) is 2.89. The number of hydrogen-bond donors (Lipinski definition) is 1. The van der Waals surface area contributed by atoms with Crippen LogP contribution in [0.25, 0.3) is 0 Å². The van der Waals surface area contributed by atoms with E-state index in [0.717, 1.165) is 0 Å². The van der Waals surface area contributed by atoms with Gasteiger partial charge in [0.1, 0.15) is 0 Å². The summed E-state index contributed by atoms with van der Waals surface area (Å²) in [5.41, 5.74) is 6.29. The molecule has 16 heavy (non-hydrogen) atoms. The number of nitrogens with zero attached hydrogens (tertiary/aromatic N) is 1. The molecule has 0 aliphatic carbocycles. The van der Waals surface area contributed by atoms with Gasteiger partial charge in [-0.15, -0.1) is 12.4 Å². The summed E-state index contributed by atoms with van der Waals surface area (Å²) in [6, 6.07) is -0.583. The third-order valence-corrected chi connectivity index (χ3v) is 2.48. The summed E-state index contributed by atoms with van der Waals surface area (Å²) in [6.45, 7) is 0. The van der Waals surface area contributed by atoms with Gasteiger partial charge in [-0.25, -0.2) is 0 Å². The first-order valence-corrected chi connectivity index (χ1v) is 4.93. The molecule has 1 aromatic heterocycles. The molecule has 1 atom stereocenters. The predicted octanol–water partition coefficient (Wildman–Crippen LogP) is 2.37. The number of rotatable bonds is 3. The normalized spacial score (nSPS) is 11.5. The average molecular weight is 286 g/mol. The number of methoxy groups -OCH3 is 1. The Morgan fingerprint density at radius 1 is 1.50 bits per heavy atom. The summed E-state index contributed by atoms with van der Waals surface area (Å²) in [4.78, 5) is 14.8. The van der Waals surface area contributed by atoms with Gasteiger partial charge in [-0.2, -0.15) is 0 Å². The number of pyridine rings is 1. The summed E-state index contributed by atoms with van der Waals surface area (Å²) >= 11 is 11.7. The van der Waals surface area contributed by atoms with Crippen LogP contribution in [0.2, 0.25) is 10.0 Å². The number of esters is 1. The molecule has 0 amide bonds. The molecule has 7 heteroatoms. The van der Waals surface area contributed by atoms with Crippen LogP contribution in [0.3, 0.4) is 0 Å². The average Bonchev–Trinajstić information content (AvgIpc) is 2.17. The maximum Gasteiger partial charge on any atom is 0.307 e. The van der Waals surface area contributed by atoms with Crippen LogP contribution in [0.1, 0.15) is 18.0 Å². The van der Waals surface area contributed by atoms with Gasteiger partial charge in [-0.05, 0) is 0 Å². The summed E-state index contributed by atoms with van der Waals surface area (Å²) in [5, 5.41) is 0.692. The first-order chi connectivity index (χ1) is 7.06. The van der Waals surface area contributed by atoms with Crippen LogP contribution in [0.4, 0.5) is 0 Å². The standard InChI is InChI=1S/C9H10Cl2N2O2.ClH/c1-15-8(14)2-7(12)9-5(10)3-13-4-6(9)11;/h3-4,7H,2,12H2,1H3;1H/t7-;/m1./s1. The summed E-state index contributed by atoms with van der Waals surface area (Å²) in [5.74, 6) is -0.411. The van der Waals surface area contributed by atoms with Gasteiger partial charge >= 0.3 is 5.97 Å². The number of ether oxygens (including phenoxy) is 1. The van der Waals surface area contributed by atoms with E-state index in [1.54, 1.807) is 0 Å². The van der Waals surface area contributed by atoms with E-state index in [9.17, 15) is 4.79 Å². The van der Waals surface area contributed by atoms with Crippen LogP contribution in [-0.2, 0) is 9.53 Å². The highest BCUT2D eigenvalue weighted by molar-refractivity contribution is 6.35. The van der Waals surface area contributed by atoms with Crippen molar-refractivity contribution in [2.45, 2.75) is 12.5 Å². The van der Waals surface area contributed by atoms with Gasteiger partial charge in [0.15, 0.2) is 0 Å². The molecule has 90 valence electrons. The Labute approximate surface area is 109 Å². The fourth-order valence-corrected chi connectivity index (χ4v) is 1.79. The van der Waals surface area contributed by atoms with E-state index in [1.165, 1.54) is 19.5 Å². The minimum atomic E-state index is -0.583.